The topological polar surface area (TPSA) is 63.6 Å². The third kappa shape index (κ3) is 3.17. The molecule has 0 aliphatic heterocycles. The number of carbonyl (C=O) groups excluding carboxylic acids is 1. The van der Waals surface area contributed by atoms with Crippen molar-refractivity contribution in [1.29, 1.82) is 0 Å². The Kier molecular flexibility index (Phi) is 5.22. The van der Waals surface area contributed by atoms with Gasteiger partial charge in [-0.25, -0.2) is 9.59 Å². The van der Waals surface area contributed by atoms with Crippen molar-refractivity contribution in [3.63, 3.8) is 0 Å². The molecule has 2 saturated carbocycles. The number of fused-ring (bicyclic) bond motifs is 2. The van der Waals surface area contributed by atoms with Gasteiger partial charge in [-0.15, -0.1) is 0 Å². The molecule has 0 radical (unpaired) electrons. The van der Waals surface area contributed by atoms with E-state index >= 15 is 0 Å². The van der Waals surface area contributed by atoms with Crippen LogP contribution in [0, 0.1) is 22.7 Å². The Morgan fingerprint density at radius 1 is 1.22 bits per heavy atom. The number of unbranched alkanes of at least 4 members (excludes halogenated alkanes) is 2. The Hall–Kier alpha value is -1.32. The highest BCUT2D eigenvalue weighted by Gasteiger charge is 2.67. The molecule has 4 heteroatoms. The number of ether oxygens (including phenoxy) is 1. The van der Waals surface area contributed by atoms with E-state index in [2.05, 4.69) is 27.7 Å². The number of carbonyl (C=O) groups is 2. The first-order valence-electron chi connectivity index (χ1n) is 8.85. The second-order valence-electron chi connectivity index (χ2n) is 7.97. The molecule has 0 aromatic rings. The zero-order valence-corrected chi connectivity index (χ0v) is 14.8. The number of carboxylic acid groups (broad SMARTS) is 1. The zero-order valence-electron chi connectivity index (χ0n) is 14.8. The highest BCUT2D eigenvalue weighted by molar-refractivity contribution is 5.90. The predicted molar refractivity (Wildman–Crippen MR) is 88.9 cm³/mol. The Morgan fingerprint density at radius 3 is 2.52 bits per heavy atom. The van der Waals surface area contributed by atoms with Gasteiger partial charge in [-0.1, -0.05) is 47.0 Å². The van der Waals surface area contributed by atoms with Crippen molar-refractivity contribution in [2.45, 2.75) is 72.3 Å². The Balaban J connectivity index is 2.15. The largest absolute Gasteiger partial charge is 0.478 e. The van der Waals surface area contributed by atoms with Gasteiger partial charge < -0.3 is 9.84 Å². The molecule has 0 aromatic heterocycles. The maximum atomic E-state index is 12.0. The summed E-state index contributed by atoms with van der Waals surface area (Å²) in [5.74, 6) is -0.661. The molecule has 2 fully saturated rings. The van der Waals surface area contributed by atoms with E-state index in [-0.39, 0.29) is 16.9 Å². The molecule has 2 aliphatic rings. The minimum atomic E-state index is -1.12. The molecule has 2 bridgehead atoms. The van der Waals surface area contributed by atoms with Crippen LogP contribution in [-0.2, 0) is 14.3 Å². The van der Waals surface area contributed by atoms with E-state index in [4.69, 9.17) is 9.84 Å². The summed E-state index contributed by atoms with van der Waals surface area (Å²) < 4.78 is 5.79. The van der Waals surface area contributed by atoms with Crippen molar-refractivity contribution in [3.8, 4) is 0 Å². The third-order valence-electron chi connectivity index (χ3n) is 6.65. The van der Waals surface area contributed by atoms with Crippen molar-refractivity contribution in [2.75, 3.05) is 0 Å². The van der Waals surface area contributed by atoms with Crippen LogP contribution < -0.4 is 0 Å². The quantitative estimate of drug-likeness (QED) is 0.433. The van der Waals surface area contributed by atoms with Gasteiger partial charge in [-0.3, -0.25) is 0 Å². The van der Waals surface area contributed by atoms with E-state index < -0.39 is 11.9 Å². The number of carboxylic acids is 1. The lowest BCUT2D eigenvalue weighted by Crippen LogP contribution is -2.40. The molecule has 2 aliphatic carbocycles. The number of hydrogen-bond acceptors (Lipinski definition) is 3. The second-order valence-corrected chi connectivity index (χ2v) is 7.97. The molecule has 130 valence electrons. The SMILES string of the molecule is CCCCCC1C2CCC(C)(C1OC(=O)C=CC(=O)O)C2(C)C. The number of hydrogen-bond donors (Lipinski definition) is 1. The summed E-state index contributed by atoms with van der Waals surface area (Å²) in [6.45, 7) is 9.04. The van der Waals surface area contributed by atoms with Gasteiger partial charge >= 0.3 is 11.9 Å². The maximum Gasteiger partial charge on any atom is 0.331 e. The van der Waals surface area contributed by atoms with Crippen LogP contribution in [0.3, 0.4) is 0 Å². The fraction of sp³-hybridized carbons (Fsp3) is 0.789. The van der Waals surface area contributed by atoms with Crippen LogP contribution in [0.1, 0.15) is 66.2 Å². The molecule has 0 saturated heterocycles. The van der Waals surface area contributed by atoms with Gasteiger partial charge in [0.25, 0.3) is 0 Å². The summed E-state index contributed by atoms with van der Waals surface area (Å²) in [6, 6.07) is 0. The normalized spacial score (nSPS) is 34.9. The first kappa shape index (κ1) is 18.0. The van der Waals surface area contributed by atoms with Crippen molar-refractivity contribution >= 4 is 11.9 Å². The summed E-state index contributed by atoms with van der Waals surface area (Å²) in [5.41, 5.74) is 0.145. The van der Waals surface area contributed by atoms with E-state index in [1.54, 1.807) is 0 Å². The fourth-order valence-electron chi connectivity index (χ4n) is 5.01. The Morgan fingerprint density at radius 2 is 1.91 bits per heavy atom. The lowest BCUT2D eigenvalue weighted by atomic mass is 9.70. The van der Waals surface area contributed by atoms with E-state index in [1.807, 2.05) is 0 Å². The van der Waals surface area contributed by atoms with Crippen LogP contribution in [0.25, 0.3) is 0 Å². The van der Waals surface area contributed by atoms with Gasteiger partial charge in [-0.2, -0.15) is 0 Å². The Bertz CT molecular complexity index is 494. The van der Waals surface area contributed by atoms with E-state index in [0.717, 1.165) is 25.0 Å². The van der Waals surface area contributed by atoms with E-state index in [0.29, 0.717) is 11.8 Å². The van der Waals surface area contributed by atoms with Crippen molar-refractivity contribution < 1.29 is 19.4 Å². The van der Waals surface area contributed by atoms with Crippen LogP contribution in [0.4, 0.5) is 0 Å². The molecule has 0 aromatic carbocycles. The summed E-state index contributed by atoms with van der Waals surface area (Å²) in [6.07, 6.45) is 8.74. The third-order valence-corrected chi connectivity index (χ3v) is 6.65. The Labute approximate surface area is 139 Å². The molecule has 4 nitrogen and oxygen atoms in total. The first-order chi connectivity index (χ1) is 10.7. The van der Waals surface area contributed by atoms with Gasteiger partial charge in [0.05, 0.1) is 0 Å². The fourth-order valence-corrected chi connectivity index (χ4v) is 5.01. The molecule has 0 heterocycles. The lowest BCUT2D eigenvalue weighted by Gasteiger charge is -2.39. The summed E-state index contributed by atoms with van der Waals surface area (Å²) >= 11 is 0. The van der Waals surface area contributed by atoms with Crippen LogP contribution >= 0.6 is 0 Å². The zero-order chi connectivity index (χ0) is 17.3. The second kappa shape index (κ2) is 6.66. The minimum absolute atomic E-state index is 0.0126. The minimum Gasteiger partial charge on any atom is -0.478 e. The van der Waals surface area contributed by atoms with E-state index in [9.17, 15) is 9.59 Å². The van der Waals surface area contributed by atoms with Gasteiger partial charge in [0.15, 0.2) is 0 Å². The molecule has 0 spiro atoms. The van der Waals surface area contributed by atoms with Crippen molar-refractivity contribution in [3.05, 3.63) is 12.2 Å². The maximum absolute atomic E-state index is 12.0. The molecule has 1 N–H and O–H groups in total. The smallest absolute Gasteiger partial charge is 0.331 e. The lowest BCUT2D eigenvalue weighted by molar-refractivity contribution is -0.155. The van der Waals surface area contributed by atoms with Gasteiger partial charge in [0, 0.05) is 17.6 Å². The number of rotatable bonds is 7. The highest BCUT2D eigenvalue weighted by Crippen LogP contribution is 2.69. The van der Waals surface area contributed by atoms with Crippen LogP contribution in [-0.4, -0.2) is 23.1 Å². The molecule has 4 atom stereocenters. The molecular weight excluding hydrogens is 292 g/mol. The molecule has 4 unspecified atom stereocenters. The first-order valence-corrected chi connectivity index (χ1v) is 8.85. The molecule has 0 amide bonds. The average Bonchev–Trinajstić information content (AvgIpc) is 2.78. The van der Waals surface area contributed by atoms with Crippen LogP contribution in [0.5, 0.6) is 0 Å². The molecule has 23 heavy (non-hydrogen) atoms. The predicted octanol–water partition coefficient (Wildman–Crippen LogP) is 4.19. The molecular formula is C19H30O4. The molecule has 2 rings (SSSR count). The van der Waals surface area contributed by atoms with E-state index in [1.165, 1.54) is 25.7 Å². The van der Waals surface area contributed by atoms with Crippen LogP contribution in [0.2, 0.25) is 0 Å². The number of esters is 1. The van der Waals surface area contributed by atoms with Gasteiger partial charge in [0.1, 0.15) is 6.10 Å². The monoisotopic (exact) mass is 322 g/mol. The average molecular weight is 322 g/mol. The summed E-state index contributed by atoms with van der Waals surface area (Å²) in [4.78, 5) is 22.6. The number of aliphatic carboxylic acids is 1. The highest BCUT2D eigenvalue weighted by atomic mass is 16.5. The van der Waals surface area contributed by atoms with Gasteiger partial charge in [-0.05, 0) is 36.5 Å². The van der Waals surface area contributed by atoms with Crippen molar-refractivity contribution in [1.82, 2.24) is 0 Å². The van der Waals surface area contributed by atoms with Crippen LogP contribution in [0.15, 0.2) is 12.2 Å². The van der Waals surface area contributed by atoms with Gasteiger partial charge in [0.2, 0.25) is 0 Å². The summed E-state index contributed by atoms with van der Waals surface area (Å²) in [5, 5.41) is 8.66. The standard InChI is InChI=1S/C19H30O4/c1-5-6-7-8-13-14-11-12-19(4,18(14,2)3)17(13)23-16(22)10-9-15(20)21/h9-10,13-14,17H,5-8,11-12H2,1-4H3,(H,20,21). The summed E-state index contributed by atoms with van der Waals surface area (Å²) in [7, 11) is 0. The van der Waals surface area contributed by atoms with Crippen molar-refractivity contribution in [2.24, 2.45) is 22.7 Å².